The fourth-order valence-corrected chi connectivity index (χ4v) is 1.45. The maximum atomic E-state index is 13.4. The molecule has 18 heavy (non-hydrogen) atoms. The highest BCUT2D eigenvalue weighted by Gasteiger charge is 2.20. The monoisotopic (exact) mass is 249 g/mol. The van der Waals surface area contributed by atoms with Crippen molar-refractivity contribution in [3.05, 3.63) is 54.1 Å². The maximum absolute atomic E-state index is 13.4. The minimum Gasteiger partial charge on any atom is -0.311 e. The topological polar surface area (TPSA) is 46.1 Å². The van der Waals surface area contributed by atoms with E-state index in [0.717, 1.165) is 12.3 Å². The maximum Gasteiger partial charge on any atom is 0.261 e. The molecule has 0 aliphatic heterocycles. The Morgan fingerprint density at radius 2 is 1.83 bits per heavy atom. The van der Waals surface area contributed by atoms with Crippen molar-refractivity contribution in [1.82, 2.24) is 9.97 Å². The SMILES string of the molecule is CN(C(=O)c1ccnc(F)c1F)c1ccncc1. The zero-order valence-corrected chi connectivity index (χ0v) is 9.47. The number of rotatable bonds is 2. The lowest BCUT2D eigenvalue weighted by atomic mass is 10.2. The first kappa shape index (κ1) is 12.1. The third-order valence-electron chi connectivity index (χ3n) is 2.43. The minimum atomic E-state index is -1.29. The van der Waals surface area contributed by atoms with Crippen molar-refractivity contribution in [3.8, 4) is 0 Å². The lowest BCUT2D eigenvalue weighted by Crippen LogP contribution is -2.27. The first-order valence-electron chi connectivity index (χ1n) is 5.09. The molecule has 1 amide bonds. The summed E-state index contributed by atoms with van der Waals surface area (Å²) >= 11 is 0. The Labute approximate surface area is 102 Å². The predicted octanol–water partition coefficient (Wildman–Crippen LogP) is 2.03. The van der Waals surface area contributed by atoms with E-state index in [1.807, 2.05) is 0 Å². The fraction of sp³-hybridized carbons (Fsp3) is 0.0833. The van der Waals surface area contributed by atoms with E-state index in [2.05, 4.69) is 9.97 Å². The summed E-state index contributed by atoms with van der Waals surface area (Å²) < 4.78 is 26.4. The van der Waals surface area contributed by atoms with Crippen LogP contribution in [-0.4, -0.2) is 22.9 Å². The molecule has 0 bridgehead atoms. The second kappa shape index (κ2) is 4.87. The van der Waals surface area contributed by atoms with Gasteiger partial charge in [-0.2, -0.15) is 4.39 Å². The van der Waals surface area contributed by atoms with Crippen molar-refractivity contribution in [2.45, 2.75) is 0 Å². The Hall–Kier alpha value is -2.37. The summed E-state index contributed by atoms with van der Waals surface area (Å²) in [7, 11) is 1.47. The van der Waals surface area contributed by atoms with Crippen molar-refractivity contribution < 1.29 is 13.6 Å². The molecule has 4 nitrogen and oxygen atoms in total. The Kier molecular flexibility index (Phi) is 3.27. The van der Waals surface area contributed by atoms with Crippen LogP contribution in [0, 0.1) is 11.8 Å². The van der Waals surface area contributed by atoms with Crippen molar-refractivity contribution in [2.75, 3.05) is 11.9 Å². The zero-order chi connectivity index (χ0) is 13.1. The summed E-state index contributed by atoms with van der Waals surface area (Å²) in [6.07, 6.45) is 4.05. The molecule has 0 aliphatic carbocycles. The van der Waals surface area contributed by atoms with Crippen LogP contribution in [0.3, 0.4) is 0 Å². The highest BCUT2D eigenvalue weighted by atomic mass is 19.2. The Morgan fingerprint density at radius 3 is 2.50 bits per heavy atom. The number of carbonyl (C=O) groups excluding carboxylic acids is 1. The summed E-state index contributed by atoms with van der Waals surface area (Å²) in [5.74, 6) is -3.19. The van der Waals surface area contributed by atoms with Gasteiger partial charge in [0.05, 0.1) is 5.56 Å². The molecule has 0 N–H and O–H groups in total. The van der Waals surface area contributed by atoms with E-state index in [-0.39, 0.29) is 5.56 Å². The van der Waals surface area contributed by atoms with Gasteiger partial charge in [-0.3, -0.25) is 9.78 Å². The molecule has 0 fully saturated rings. The van der Waals surface area contributed by atoms with Gasteiger partial charge >= 0.3 is 0 Å². The van der Waals surface area contributed by atoms with E-state index in [4.69, 9.17) is 0 Å². The average molecular weight is 249 g/mol. The first-order chi connectivity index (χ1) is 8.61. The standard InChI is InChI=1S/C12H9F2N3O/c1-17(8-2-5-15-6-3-8)12(18)9-4-7-16-11(14)10(9)13/h2-7H,1H3. The van der Waals surface area contributed by atoms with Crippen LogP contribution in [0.1, 0.15) is 10.4 Å². The largest absolute Gasteiger partial charge is 0.311 e. The first-order valence-corrected chi connectivity index (χ1v) is 5.09. The quantitative estimate of drug-likeness (QED) is 0.765. The van der Waals surface area contributed by atoms with Gasteiger partial charge in [-0.15, -0.1) is 0 Å². The molecular weight excluding hydrogens is 240 g/mol. The molecular formula is C12H9F2N3O. The molecule has 2 aromatic rings. The van der Waals surface area contributed by atoms with E-state index in [1.54, 1.807) is 12.1 Å². The molecule has 6 heteroatoms. The summed E-state index contributed by atoms with van der Waals surface area (Å²) in [6.45, 7) is 0. The van der Waals surface area contributed by atoms with Crippen LogP contribution in [0.5, 0.6) is 0 Å². The highest BCUT2D eigenvalue weighted by molar-refractivity contribution is 6.05. The van der Waals surface area contributed by atoms with Crippen LogP contribution in [0.4, 0.5) is 14.5 Å². The van der Waals surface area contributed by atoms with E-state index >= 15 is 0 Å². The van der Waals surface area contributed by atoms with Crippen LogP contribution in [0.15, 0.2) is 36.8 Å². The molecule has 92 valence electrons. The predicted molar refractivity (Wildman–Crippen MR) is 61.1 cm³/mol. The second-order valence-electron chi connectivity index (χ2n) is 3.53. The second-order valence-corrected chi connectivity index (χ2v) is 3.53. The number of nitrogens with zero attached hydrogens (tertiary/aromatic N) is 3. The van der Waals surface area contributed by atoms with Crippen molar-refractivity contribution in [2.24, 2.45) is 0 Å². The molecule has 0 aliphatic rings. The third kappa shape index (κ3) is 2.17. The molecule has 0 spiro atoms. The number of pyridine rings is 2. The summed E-state index contributed by atoms with van der Waals surface area (Å²) in [5.41, 5.74) is 0.174. The van der Waals surface area contributed by atoms with Gasteiger partial charge in [0.15, 0.2) is 5.82 Å². The van der Waals surface area contributed by atoms with Crippen LogP contribution in [0.2, 0.25) is 0 Å². The van der Waals surface area contributed by atoms with Gasteiger partial charge in [0.1, 0.15) is 0 Å². The Morgan fingerprint density at radius 1 is 1.17 bits per heavy atom. The highest BCUT2D eigenvalue weighted by Crippen LogP contribution is 2.16. The lowest BCUT2D eigenvalue weighted by molar-refractivity contribution is 0.0987. The molecule has 0 radical (unpaired) electrons. The number of carbonyl (C=O) groups is 1. The van der Waals surface area contributed by atoms with Crippen LogP contribution < -0.4 is 4.90 Å². The van der Waals surface area contributed by atoms with Gasteiger partial charge in [-0.25, -0.2) is 9.37 Å². The number of aromatic nitrogens is 2. The number of hydrogen-bond acceptors (Lipinski definition) is 3. The van der Waals surface area contributed by atoms with E-state index in [0.29, 0.717) is 5.69 Å². The van der Waals surface area contributed by atoms with Crippen LogP contribution in [-0.2, 0) is 0 Å². The smallest absolute Gasteiger partial charge is 0.261 e. The van der Waals surface area contributed by atoms with Crippen LogP contribution >= 0.6 is 0 Å². The number of amides is 1. The van der Waals surface area contributed by atoms with E-state index in [1.165, 1.54) is 24.3 Å². The fourth-order valence-electron chi connectivity index (χ4n) is 1.45. The zero-order valence-electron chi connectivity index (χ0n) is 9.47. The van der Waals surface area contributed by atoms with Crippen molar-refractivity contribution in [3.63, 3.8) is 0 Å². The van der Waals surface area contributed by atoms with Gasteiger partial charge in [0.25, 0.3) is 5.91 Å². The van der Waals surface area contributed by atoms with Gasteiger partial charge in [-0.05, 0) is 18.2 Å². The molecule has 0 unspecified atom stereocenters. The average Bonchev–Trinajstić information content (AvgIpc) is 2.41. The lowest BCUT2D eigenvalue weighted by Gasteiger charge is -2.17. The molecule has 0 saturated heterocycles. The van der Waals surface area contributed by atoms with Gasteiger partial charge < -0.3 is 4.90 Å². The molecule has 0 aromatic carbocycles. The molecule has 0 saturated carbocycles. The Balaban J connectivity index is 2.35. The van der Waals surface area contributed by atoms with Gasteiger partial charge in [-0.1, -0.05) is 0 Å². The summed E-state index contributed by atoms with van der Waals surface area (Å²) in [6, 6.07) is 4.32. The van der Waals surface area contributed by atoms with Crippen molar-refractivity contribution >= 4 is 11.6 Å². The number of halogens is 2. The number of anilines is 1. The molecule has 2 rings (SSSR count). The molecule has 0 atom stereocenters. The minimum absolute atomic E-state index is 0.359. The van der Waals surface area contributed by atoms with Crippen molar-refractivity contribution in [1.29, 1.82) is 0 Å². The molecule has 2 aromatic heterocycles. The van der Waals surface area contributed by atoms with Crippen LogP contribution in [0.25, 0.3) is 0 Å². The van der Waals surface area contributed by atoms with Gasteiger partial charge in [0, 0.05) is 31.3 Å². The Bertz CT molecular complexity index is 575. The molecule has 2 heterocycles. The number of hydrogen-bond donors (Lipinski definition) is 0. The third-order valence-corrected chi connectivity index (χ3v) is 2.43. The summed E-state index contributed by atoms with van der Waals surface area (Å²) in [5, 5.41) is 0. The van der Waals surface area contributed by atoms with Gasteiger partial charge in [0.2, 0.25) is 5.95 Å². The summed E-state index contributed by atoms with van der Waals surface area (Å²) in [4.78, 5) is 20.1. The normalized spacial score (nSPS) is 10.2. The van der Waals surface area contributed by atoms with E-state index < -0.39 is 17.7 Å². The van der Waals surface area contributed by atoms with E-state index in [9.17, 15) is 13.6 Å².